The summed E-state index contributed by atoms with van der Waals surface area (Å²) < 4.78 is 59.9. The Morgan fingerprint density at radius 2 is 1.82 bits per heavy atom. The second-order valence-electron chi connectivity index (χ2n) is 7.50. The fourth-order valence-corrected chi connectivity index (χ4v) is 5.17. The topological polar surface area (TPSA) is 71.0 Å². The van der Waals surface area contributed by atoms with Gasteiger partial charge in [0.25, 0.3) is 0 Å². The molecular formula is C23H19Cl2F2N3O3S. The van der Waals surface area contributed by atoms with Gasteiger partial charge in [-0.15, -0.1) is 0 Å². The molecule has 0 bridgehead atoms. The van der Waals surface area contributed by atoms with Gasteiger partial charge in [0, 0.05) is 17.5 Å². The third-order valence-corrected chi connectivity index (χ3v) is 7.25. The van der Waals surface area contributed by atoms with E-state index in [1.165, 1.54) is 0 Å². The van der Waals surface area contributed by atoms with Gasteiger partial charge in [0.15, 0.2) is 0 Å². The van der Waals surface area contributed by atoms with Crippen LogP contribution in [0.1, 0.15) is 18.0 Å². The van der Waals surface area contributed by atoms with E-state index in [0.717, 1.165) is 17.7 Å². The summed E-state index contributed by atoms with van der Waals surface area (Å²) in [7, 11) is -2.66. The van der Waals surface area contributed by atoms with E-state index in [0.29, 0.717) is 39.7 Å². The number of hydrogen-bond donors (Lipinski definition) is 1. The van der Waals surface area contributed by atoms with Gasteiger partial charge in [-0.05, 0) is 48.0 Å². The lowest BCUT2D eigenvalue weighted by Gasteiger charge is -2.25. The summed E-state index contributed by atoms with van der Waals surface area (Å²) in [5.74, 6) is -1.35. The van der Waals surface area contributed by atoms with Gasteiger partial charge in [-0.2, -0.15) is 5.10 Å². The molecule has 3 aromatic carbocycles. The zero-order valence-corrected chi connectivity index (χ0v) is 20.1. The largest absolute Gasteiger partial charge is 0.497 e. The maximum Gasteiger partial charge on any atom is 0.243 e. The van der Waals surface area contributed by atoms with Gasteiger partial charge in [0.2, 0.25) is 10.0 Å². The lowest BCUT2D eigenvalue weighted by Crippen LogP contribution is -2.29. The Morgan fingerprint density at radius 3 is 2.47 bits per heavy atom. The van der Waals surface area contributed by atoms with Gasteiger partial charge in [-0.1, -0.05) is 35.3 Å². The van der Waals surface area contributed by atoms with Crippen molar-refractivity contribution in [1.82, 2.24) is 4.72 Å². The van der Waals surface area contributed by atoms with E-state index in [1.54, 1.807) is 30.3 Å². The molecule has 0 radical (unpaired) electrons. The minimum atomic E-state index is -4.23. The Hall–Kier alpha value is -2.72. The van der Waals surface area contributed by atoms with Crippen molar-refractivity contribution in [3.8, 4) is 5.75 Å². The molecule has 0 aromatic heterocycles. The van der Waals surface area contributed by atoms with Crippen molar-refractivity contribution in [3.05, 3.63) is 87.9 Å². The number of hydrogen-bond acceptors (Lipinski definition) is 5. The number of nitrogens with one attached hydrogen (secondary N) is 1. The van der Waals surface area contributed by atoms with E-state index in [4.69, 9.17) is 27.9 Å². The van der Waals surface area contributed by atoms with Crippen molar-refractivity contribution in [3.63, 3.8) is 0 Å². The predicted octanol–water partition coefficient (Wildman–Crippen LogP) is 5.57. The number of methoxy groups -OCH3 is 1. The molecule has 1 N–H and O–H groups in total. The number of hydrazone groups is 1. The van der Waals surface area contributed by atoms with Gasteiger partial charge >= 0.3 is 0 Å². The Morgan fingerprint density at radius 1 is 1.09 bits per heavy atom. The summed E-state index contributed by atoms with van der Waals surface area (Å²) in [6.45, 7) is -0.173. The van der Waals surface area contributed by atoms with Gasteiger partial charge in [0.05, 0.1) is 36.1 Å². The first kappa shape index (κ1) is 24.4. The van der Waals surface area contributed by atoms with Crippen LogP contribution in [-0.4, -0.2) is 27.8 Å². The SMILES string of the molecule is COc1ccc(C2CC(CNS(=O)(=O)c3ccc(F)cc3F)=NN2c2ccc(Cl)cc2Cl)cc1. The van der Waals surface area contributed by atoms with Gasteiger partial charge < -0.3 is 4.74 Å². The summed E-state index contributed by atoms with van der Waals surface area (Å²) in [6, 6.07) is 14.4. The van der Waals surface area contributed by atoms with Crippen LogP contribution in [0, 0.1) is 11.6 Å². The first-order chi connectivity index (χ1) is 16.2. The molecule has 1 atom stereocenters. The molecule has 1 unspecified atom stereocenters. The first-order valence-electron chi connectivity index (χ1n) is 10.1. The molecule has 4 rings (SSSR count). The van der Waals surface area contributed by atoms with Crippen LogP contribution in [0.5, 0.6) is 5.75 Å². The normalized spacial score (nSPS) is 16.0. The van der Waals surface area contributed by atoms with Crippen LogP contribution in [-0.2, 0) is 10.0 Å². The summed E-state index contributed by atoms with van der Waals surface area (Å²) in [5, 5.41) is 7.13. The Bertz CT molecular complexity index is 1350. The summed E-state index contributed by atoms with van der Waals surface area (Å²) in [4.78, 5) is -0.642. The number of benzene rings is 3. The Kier molecular flexibility index (Phi) is 7.09. The van der Waals surface area contributed by atoms with Crippen molar-refractivity contribution < 1.29 is 21.9 Å². The highest BCUT2D eigenvalue weighted by Crippen LogP contribution is 2.40. The lowest BCUT2D eigenvalue weighted by molar-refractivity contribution is 0.414. The number of sulfonamides is 1. The van der Waals surface area contributed by atoms with Gasteiger partial charge in [-0.25, -0.2) is 21.9 Å². The van der Waals surface area contributed by atoms with E-state index in [-0.39, 0.29) is 12.6 Å². The summed E-state index contributed by atoms with van der Waals surface area (Å²) >= 11 is 12.5. The van der Waals surface area contributed by atoms with Crippen LogP contribution in [0.2, 0.25) is 10.0 Å². The number of halogens is 4. The molecule has 1 aliphatic rings. The molecule has 34 heavy (non-hydrogen) atoms. The molecule has 0 fully saturated rings. The third kappa shape index (κ3) is 5.17. The third-order valence-electron chi connectivity index (χ3n) is 5.28. The van der Waals surface area contributed by atoms with Crippen molar-refractivity contribution in [2.24, 2.45) is 5.10 Å². The maximum atomic E-state index is 14.0. The highest BCUT2D eigenvalue weighted by molar-refractivity contribution is 7.89. The highest BCUT2D eigenvalue weighted by Gasteiger charge is 2.31. The lowest BCUT2D eigenvalue weighted by atomic mass is 10.0. The minimum Gasteiger partial charge on any atom is -0.497 e. The fourth-order valence-electron chi connectivity index (χ4n) is 3.60. The molecule has 0 spiro atoms. The fraction of sp³-hybridized carbons (Fsp3) is 0.174. The Balaban J connectivity index is 1.62. The van der Waals surface area contributed by atoms with Crippen molar-refractivity contribution in [1.29, 1.82) is 0 Å². The average molecular weight is 526 g/mol. The molecule has 0 aliphatic carbocycles. The van der Waals surface area contributed by atoms with Crippen LogP contribution < -0.4 is 14.5 Å². The average Bonchev–Trinajstić information content (AvgIpc) is 3.21. The Labute approximate surface area is 205 Å². The first-order valence-corrected chi connectivity index (χ1v) is 12.3. The number of rotatable bonds is 7. The number of ether oxygens (including phenoxy) is 1. The van der Waals surface area contributed by atoms with Gasteiger partial charge in [0.1, 0.15) is 22.3 Å². The number of nitrogens with zero attached hydrogens (tertiary/aromatic N) is 2. The van der Waals surface area contributed by atoms with Crippen molar-refractivity contribution in [2.45, 2.75) is 17.4 Å². The van der Waals surface area contributed by atoms with Crippen molar-refractivity contribution in [2.75, 3.05) is 18.7 Å². The second kappa shape index (κ2) is 9.87. The van der Waals surface area contributed by atoms with E-state index in [9.17, 15) is 17.2 Å². The van der Waals surface area contributed by atoms with Crippen LogP contribution >= 0.6 is 23.2 Å². The van der Waals surface area contributed by atoms with Gasteiger partial charge in [-0.3, -0.25) is 5.01 Å². The molecule has 1 aliphatic heterocycles. The molecule has 1 heterocycles. The molecule has 11 heteroatoms. The van der Waals surface area contributed by atoms with Crippen LogP contribution in [0.4, 0.5) is 14.5 Å². The summed E-state index contributed by atoms with van der Waals surface area (Å²) in [6.07, 6.45) is 0.375. The molecule has 178 valence electrons. The zero-order chi connectivity index (χ0) is 24.5. The molecule has 6 nitrogen and oxygen atoms in total. The molecular weight excluding hydrogens is 507 g/mol. The van der Waals surface area contributed by atoms with E-state index in [2.05, 4.69) is 9.82 Å². The predicted molar refractivity (Wildman–Crippen MR) is 128 cm³/mol. The standard InChI is InChI=1S/C23H19Cl2F2N3O3S/c1-33-18-6-2-14(3-7-18)22-12-17(29-30(22)21-8-4-15(24)10-19(21)25)13-28-34(31,32)23-9-5-16(26)11-20(23)27/h2-11,22,28H,12-13H2,1H3. The van der Waals surface area contributed by atoms with Crippen LogP contribution in [0.25, 0.3) is 0 Å². The highest BCUT2D eigenvalue weighted by atomic mass is 35.5. The monoisotopic (exact) mass is 525 g/mol. The van der Waals surface area contributed by atoms with Crippen LogP contribution in [0.3, 0.4) is 0 Å². The summed E-state index contributed by atoms with van der Waals surface area (Å²) in [5.41, 5.74) is 1.99. The molecule has 3 aromatic rings. The van der Waals surface area contributed by atoms with E-state index >= 15 is 0 Å². The van der Waals surface area contributed by atoms with Crippen LogP contribution in [0.15, 0.2) is 70.7 Å². The number of anilines is 1. The molecule has 0 amide bonds. The smallest absolute Gasteiger partial charge is 0.243 e. The molecule has 0 saturated heterocycles. The molecule has 0 saturated carbocycles. The van der Waals surface area contributed by atoms with Crippen molar-refractivity contribution >= 4 is 44.6 Å². The van der Waals surface area contributed by atoms with E-state index in [1.807, 2.05) is 24.3 Å². The second-order valence-corrected chi connectivity index (χ2v) is 10.1. The maximum absolute atomic E-state index is 14.0. The zero-order valence-electron chi connectivity index (χ0n) is 17.8. The van der Waals surface area contributed by atoms with E-state index < -0.39 is 26.6 Å². The quantitative estimate of drug-likeness (QED) is 0.438. The minimum absolute atomic E-state index is 0.173.